The highest BCUT2D eigenvalue weighted by Gasteiger charge is 2.33. The van der Waals surface area contributed by atoms with E-state index in [9.17, 15) is 14.4 Å². The lowest BCUT2D eigenvalue weighted by atomic mass is 9.96. The number of nitrogens with zero attached hydrogens (tertiary/aromatic N) is 2. The minimum atomic E-state index is -0.802. The van der Waals surface area contributed by atoms with Crippen molar-refractivity contribution in [2.24, 2.45) is 4.99 Å². The van der Waals surface area contributed by atoms with Gasteiger partial charge in [0.25, 0.3) is 5.56 Å². The maximum absolute atomic E-state index is 13.8. The predicted octanol–water partition coefficient (Wildman–Crippen LogP) is 5.29. The number of hydrogen-bond acceptors (Lipinski definition) is 8. The van der Waals surface area contributed by atoms with Crippen molar-refractivity contribution in [3.8, 4) is 17.1 Å². The first-order valence-electron chi connectivity index (χ1n) is 12.2. The Morgan fingerprint density at radius 2 is 1.88 bits per heavy atom. The van der Waals surface area contributed by atoms with Gasteiger partial charge in [0.05, 0.1) is 33.5 Å². The first kappa shape index (κ1) is 27.6. The number of furan rings is 1. The van der Waals surface area contributed by atoms with E-state index in [1.54, 1.807) is 74.5 Å². The number of fused-ring (bicyclic) bond motifs is 1. The summed E-state index contributed by atoms with van der Waals surface area (Å²) in [6.45, 7) is 4.89. The SMILES string of the molecule is CCOC(=O)C1=C(C)N=c2sc(=Cc3ccc(-c4ccc(Cl)cc4Cl)o3)c(=O)n2[C@H]1c1ccc(OC(C)=O)cc1. The third-order valence-corrected chi connectivity index (χ3v) is 7.60. The van der Waals surface area contributed by atoms with Gasteiger partial charge in [-0.05, 0) is 61.9 Å². The van der Waals surface area contributed by atoms with Crippen LogP contribution in [-0.2, 0) is 14.3 Å². The lowest BCUT2D eigenvalue weighted by Crippen LogP contribution is -2.39. The van der Waals surface area contributed by atoms with E-state index in [0.29, 0.717) is 53.5 Å². The van der Waals surface area contributed by atoms with Crippen LogP contribution in [0, 0.1) is 0 Å². The summed E-state index contributed by atoms with van der Waals surface area (Å²) in [5.74, 6) is 0.281. The van der Waals surface area contributed by atoms with Crippen molar-refractivity contribution in [3.63, 3.8) is 0 Å². The van der Waals surface area contributed by atoms with E-state index in [4.69, 9.17) is 37.1 Å². The van der Waals surface area contributed by atoms with E-state index in [-0.39, 0.29) is 17.7 Å². The Kier molecular flexibility index (Phi) is 7.80. The zero-order valence-corrected chi connectivity index (χ0v) is 23.9. The molecule has 204 valence electrons. The molecule has 1 aliphatic heterocycles. The third kappa shape index (κ3) is 5.40. The van der Waals surface area contributed by atoms with Crippen molar-refractivity contribution in [3.05, 3.63) is 107 Å². The van der Waals surface area contributed by atoms with Crippen LogP contribution in [0.25, 0.3) is 17.4 Å². The number of allylic oxidation sites excluding steroid dienone is 1. The number of aromatic nitrogens is 1. The number of rotatable bonds is 6. The van der Waals surface area contributed by atoms with Gasteiger partial charge in [-0.15, -0.1) is 0 Å². The number of carbonyl (C=O) groups is 2. The lowest BCUT2D eigenvalue weighted by Gasteiger charge is -2.24. The summed E-state index contributed by atoms with van der Waals surface area (Å²) in [6.07, 6.45) is 1.63. The van der Waals surface area contributed by atoms with E-state index in [0.717, 1.165) is 0 Å². The summed E-state index contributed by atoms with van der Waals surface area (Å²) in [5.41, 5.74) is 1.63. The molecule has 3 heterocycles. The van der Waals surface area contributed by atoms with Gasteiger partial charge in [0.2, 0.25) is 0 Å². The Hall–Kier alpha value is -3.92. The molecule has 5 rings (SSSR count). The van der Waals surface area contributed by atoms with Crippen molar-refractivity contribution in [2.75, 3.05) is 6.61 Å². The van der Waals surface area contributed by atoms with Crippen molar-refractivity contribution in [1.82, 2.24) is 4.57 Å². The molecule has 0 radical (unpaired) electrons. The summed E-state index contributed by atoms with van der Waals surface area (Å²) in [7, 11) is 0. The van der Waals surface area contributed by atoms with Gasteiger partial charge >= 0.3 is 11.9 Å². The molecule has 2 aromatic carbocycles. The predicted molar refractivity (Wildman–Crippen MR) is 152 cm³/mol. The summed E-state index contributed by atoms with van der Waals surface area (Å²) >= 11 is 13.5. The Balaban J connectivity index is 1.61. The fourth-order valence-electron chi connectivity index (χ4n) is 4.38. The highest BCUT2D eigenvalue weighted by Crippen LogP contribution is 2.33. The molecular formula is C29H22Cl2N2O6S. The molecule has 8 nitrogen and oxygen atoms in total. The van der Waals surface area contributed by atoms with Crippen LogP contribution >= 0.6 is 34.5 Å². The van der Waals surface area contributed by atoms with E-state index in [1.807, 2.05) is 0 Å². The number of hydrogen-bond donors (Lipinski definition) is 0. The van der Waals surface area contributed by atoms with Gasteiger partial charge in [-0.3, -0.25) is 14.2 Å². The number of carbonyl (C=O) groups excluding carboxylic acids is 2. The van der Waals surface area contributed by atoms with Crippen LogP contribution in [0.4, 0.5) is 0 Å². The van der Waals surface area contributed by atoms with Crippen molar-refractivity contribution >= 4 is 52.6 Å². The van der Waals surface area contributed by atoms with Crippen LogP contribution in [0.2, 0.25) is 10.0 Å². The van der Waals surface area contributed by atoms with Crippen LogP contribution in [0.3, 0.4) is 0 Å². The molecule has 1 atom stereocenters. The largest absolute Gasteiger partial charge is 0.463 e. The van der Waals surface area contributed by atoms with Crippen LogP contribution in [-0.4, -0.2) is 23.1 Å². The molecule has 0 bridgehead atoms. The van der Waals surface area contributed by atoms with Gasteiger partial charge in [-0.25, -0.2) is 9.79 Å². The molecule has 0 aliphatic carbocycles. The molecule has 0 fully saturated rings. The zero-order valence-electron chi connectivity index (χ0n) is 21.6. The number of ether oxygens (including phenoxy) is 2. The average Bonchev–Trinajstić information content (AvgIpc) is 3.47. The number of esters is 2. The Bertz CT molecular complexity index is 1850. The van der Waals surface area contributed by atoms with Crippen molar-refractivity contribution in [2.45, 2.75) is 26.8 Å². The number of halogens is 2. The first-order chi connectivity index (χ1) is 19.2. The Labute approximate surface area is 242 Å². The third-order valence-electron chi connectivity index (χ3n) is 6.07. The van der Waals surface area contributed by atoms with Crippen LogP contribution in [0.5, 0.6) is 5.75 Å². The van der Waals surface area contributed by atoms with Crippen LogP contribution in [0.1, 0.15) is 38.1 Å². The second kappa shape index (κ2) is 11.3. The fraction of sp³-hybridized carbons (Fsp3) is 0.172. The van der Waals surface area contributed by atoms with E-state index < -0.39 is 18.0 Å². The normalized spacial score (nSPS) is 15.0. The first-order valence-corrected chi connectivity index (χ1v) is 13.8. The van der Waals surface area contributed by atoms with Crippen molar-refractivity contribution < 1.29 is 23.5 Å². The van der Waals surface area contributed by atoms with Crippen molar-refractivity contribution in [1.29, 1.82) is 0 Å². The monoisotopic (exact) mass is 596 g/mol. The second-order valence-corrected chi connectivity index (χ2v) is 10.6. The molecule has 0 saturated heterocycles. The molecule has 4 aromatic rings. The van der Waals surface area contributed by atoms with E-state index >= 15 is 0 Å². The van der Waals surface area contributed by atoms with Gasteiger partial charge in [0.15, 0.2) is 4.80 Å². The molecule has 0 unspecified atom stereocenters. The molecule has 0 spiro atoms. The molecule has 11 heteroatoms. The highest BCUT2D eigenvalue weighted by molar-refractivity contribution is 7.07. The van der Waals surface area contributed by atoms with Crippen LogP contribution in [0.15, 0.2) is 80.1 Å². The molecule has 0 N–H and O–H groups in total. The second-order valence-electron chi connectivity index (χ2n) is 8.79. The van der Waals surface area contributed by atoms with Crippen LogP contribution < -0.4 is 19.6 Å². The van der Waals surface area contributed by atoms with Gasteiger partial charge in [0.1, 0.15) is 17.3 Å². The fourth-order valence-corrected chi connectivity index (χ4v) is 5.91. The summed E-state index contributed by atoms with van der Waals surface area (Å²) in [6, 6.07) is 14.4. The van der Waals surface area contributed by atoms with Gasteiger partial charge in [-0.1, -0.05) is 46.7 Å². The Morgan fingerprint density at radius 3 is 2.55 bits per heavy atom. The maximum atomic E-state index is 13.8. The number of benzene rings is 2. The average molecular weight is 597 g/mol. The summed E-state index contributed by atoms with van der Waals surface area (Å²) in [5, 5.41) is 0.948. The van der Waals surface area contributed by atoms with E-state index in [1.165, 1.54) is 22.8 Å². The molecular weight excluding hydrogens is 575 g/mol. The highest BCUT2D eigenvalue weighted by atomic mass is 35.5. The number of thiazole rings is 1. The van der Waals surface area contributed by atoms with Gasteiger partial charge < -0.3 is 13.9 Å². The topological polar surface area (TPSA) is 100 Å². The molecule has 0 amide bonds. The minimum absolute atomic E-state index is 0.163. The maximum Gasteiger partial charge on any atom is 0.338 e. The Morgan fingerprint density at radius 1 is 1.12 bits per heavy atom. The van der Waals surface area contributed by atoms with Gasteiger partial charge in [0, 0.05) is 23.6 Å². The van der Waals surface area contributed by atoms with E-state index in [2.05, 4.69) is 4.99 Å². The molecule has 1 aliphatic rings. The molecule has 2 aromatic heterocycles. The standard InChI is InChI=1S/C29H22Cl2N2O6S/c1-4-37-28(36)25-15(2)32-29-33(26(25)17-5-8-19(9-6-17)38-16(3)34)27(35)24(40-29)14-20-10-12-23(39-20)21-11-7-18(30)13-22(21)31/h5-14,26H,4H2,1-3H3/t26-/m0/s1. The molecule has 40 heavy (non-hydrogen) atoms. The summed E-state index contributed by atoms with van der Waals surface area (Å²) in [4.78, 5) is 43.2. The summed E-state index contributed by atoms with van der Waals surface area (Å²) < 4.78 is 18.3. The lowest BCUT2D eigenvalue weighted by molar-refractivity contribution is -0.139. The van der Waals surface area contributed by atoms with Gasteiger partial charge in [-0.2, -0.15) is 0 Å². The minimum Gasteiger partial charge on any atom is -0.463 e. The quantitative estimate of drug-likeness (QED) is 0.221. The molecule has 0 saturated carbocycles. The zero-order chi connectivity index (χ0) is 28.6. The smallest absolute Gasteiger partial charge is 0.338 e.